The molecular formula is C9H16N4O2. The van der Waals surface area contributed by atoms with Crippen LogP contribution in [0.25, 0.3) is 0 Å². The highest BCUT2D eigenvalue weighted by atomic mass is 16.6. The van der Waals surface area contributed by atoms with Crippen molar-refractivity contribution in [1.29, 1.82) is 0 Å². The van der Waals surface area contributed by atoms with Crippen LogP contribution in [0.15, 0.2) is 12.3 Å². The van der Waals surface area contributed by atoms with Crippen LogP contribution in [0, 0.1) is 0 Å². The van der Waals surface area contributed by atoms with Gasteiger partial charge in [-0.2, -0.15) is 10.6 Å². The third-order valence-corrected chi connectivity index (χ3v) is 1.81. The van der Waals surface area contributed by atoms with Gasteiger partial charge >= 0.3 is 0 Å². The van der Waals surface area contributed by atoms with E-state index in [2.05, 4.69) is 17.5 Å². The number of hydroxylamine groups is 1. The lowest BCUT2D eigenvalue weighted by molar-refractivity contribution is -0.125. The zero-order valence-corrected chi connectivity index (χ0v) is 8.77. The Morgan fingerprint density at radius 1 is 1.73 bits per heavy atom. The lowest BCUT2D eigenvalue weighted by atomic mass is 10.4. The minimum absolute atomic E-state index is 0.123. The largest absolute Gasteiger partial charge is 0.368 e. The maximum atomic E-state index is 10.4. The first-order valence-electron chi connectivity index (χ1n) is 4.87. The number of amides is 1. The Hall–Kier alpha value is -1.40. The van der Waals surface area contributed by atoms with Crippen LogP contribution >= 0.6 is 0 Å². The molecule has 0 radical (unpaired) electrons. The van der Waals surface area contributed by atoms with Crippen molar-refractivity contribution in [2.45, 2.75) is 26.4 Å². The number of nitrogens with zero attached hydrogens (tertiary/aromatic N) is 2. The summed E-state index contributed by atoms with van der Waals surface area (Å²) in [6.07, 6.45) is 2.76. The predicted molar refractivity (Wildman–Crippen MR) is 54.5 cm³/mol. The Morgan fingerprint density at radius 3 is 3.20 bits per heavy atom. The van der Waals surface area contributed by atoms with E-state index in [1.165, 1.54) is 0 Å². The third kappa shape index (κ3) is 4.09. The second-order valence-corrected chi connectivity index (χ2v) is 3.12. The van der Waals surface area contributed by atoms with Gasteiger partial charge in [-0.05, 0) is 12.5 Å². The molecule has 0 fully saturated rings. The van der Waals surface area contributed by atoms with E-state index in [0.717, 1.165) is 18.7 Å². The van der Waals surface area contributed by atoms with Gasteiger partial charge in [0, 0.05) is 12.7 Å². The number of nitrogens with two attached hydrogens (primary N) is 1. The molecule has 6 nitrogen and oxygen atoms in total. The van der Waals surface area contributed by atoms with Crippen molar-refractivity contribution < 1.29 is 9.63 Å². The van der Waals surface area contributed by atoms with E-state index >= 15 is 0 Å². The number of nitrogens with one attached hydrogen (secondary N) is 1. The number of rotatable bonds is 7. The van der Waals surface area contributed by atoms with Crippen molar-refractivity contribution in [2.24, 2.45) is 5.73 Å². The van der Waals surface area contributed by atoms with Crippen molar-refractivity contribution in [3.8, 4) is 0 Å². The summed E-state index contributed by atoms with van der Waals surface area (Å²) in [6, 6.07) is 1.90. The fourth-order valence-electron chi connectivity index (χ4n) is 1.17. The summed E-state index contributed by atoms with van der Waals surface area (Å²) in [5.41, 5.74) is 8.58. The van der Waals surface area contributed by atoms with E-state index in [1.807, 2.05) is 10.7 Å². The van der Waals surface area contributed by atoms with Gasteiger partial charge in [-0.25, -0.2) is 0 Å². The molecule has 15 heavy (non-hydrogen) atoms. The fraction of sp³-hybridized carbons (Fsp3) is 0.556. The topological polar surface area (TPSA) is 82.2 Å². The standard InChI is InChI=1S/C9H16N4O2/c1-2-5-13-8(3-4-11-13)6-12-15-7-9(10)14/h3-4,12H,2,5-7H2,1H3,(H2,10,14). The average molecular weight is 212 g/mol. The van der Waals surface area contributed by atoms with Crippen LogP contribution in [-0.2, 0) is 22.7 Å². The van der Waals surface area contributed by atoms with Crippen LogP contribution in [-0.4, -0.2) is 22.3 Å². The summed E-state index contributed by atoms with van der Waals surface area (Å²) in [6.45, 7) is 3.34. The molecule has 0 bridgehead atoms. The number of hydrogen-bond acceptors (Lipinski definition) is 4. The minimum atomic E-state index is -0.496. The van der Waals surface area contributed by atoms with E-state index in [-0.39, 0.29) is 6.61 Å². The maximum Gasteiger partial charge on any atom is 0.245 e. The molecule has 0 aliphatic carbocycles. The summed E-state index contributed by atoms with van der Waals surface area (Å²) >= 11 is 0. The molecule has 0 aliphatic rings. The Bertz CT molecular complexity index is 311. The molecule has 1 heterocycles. The first-order chi connectivity index (χ1) is 7.24. The molecular weight excluding hydrogens is 196 g/mol. The molecule has 1 aromatic heterocycles. The van der Waals surface area contributed by atoms with Crippen molar-refractivity contribution in [3.63, 3.8) is 0 Å². The van der Waals surface area contributed by atoms with Gasteiger partial charge in [0.05, 0.1) is 12.2 Å². The number of carbonyl (C=O) groups is 1. The monoisotopic (exact) mass is 212 g/mol. The molecule has 0 saturated carbocycles. The lowest BCUT2D eigenvalue weighted by Crippen LogP contribution is -2.25. The zero-order chi connectivity index (χ0) is 11.1. The van der Waals surface area contributed by atoms with E-state index in [0.29, 0.717) is 6.54 Å². The summed E-state index contributed by atoms with van der Waals surface area (Å²) in [5.74, 6) is -0.496. The second kappa shape index (κ2) is 6.15. The molecule has 84 valence electrons. The Balaban J connectivity index is 2.30. The molecule has 0 atom stereocenters. The van der Waals surface area contributed by atoms with E-state index < -0.39 is 5.91 Å². The van der Waals surface area contributed by atoms with Crippen molar-refractivity contribution in [2.75, 3.05) is 6.61 Å². The summed E-state index contributed by atoms with van der Waals surface area (Å²) in [7, 11) is 0. The highest BCUT2D eigenvalue weighted by molar-refractivity contribution is 5.74. The molecule has 0 saturated heterocycles. The molecule has 0 aliphatic heterocycles. The smallest absolute Gasteiger partial charge is 0.245 e. The summed E-state index contributed by atoms with van der Waals surface area (Å²) < 4.78 is 1.89. The third-order valence-electron chi connectivity index (χ3n) is 1.81. The van der Waals surface area contributed by atoms with E-state index in [1.54, 1.807) is 6.20 Å². The number of aromatic nitrogens is 2. The highest BCUT2D eigenvalue weighted by Crippen LogP contribution is 1.99. The Labute approximate surface area is 88.3 Å². The molecule has 0 unspecified atom stereocenters. The highest BCUT2D eigenvalue weighted by Gasteiger charge is 2.01. The molecule has 0 aromatic carbocycles. The van der Waals surface area contributed by atoms with Gasteiger partial charge in [0.2, 0.25) is 5.91 Å². The van der Waals surface area contributed by atoms with Crippen molar-refractivity contribution in [1.82, 2.24) is 15.3 Å². The Morgan fingerprint density at radius 2 is 2.53 bits per heavy atom. The van der Waals surface area contributed by atoms with E-state index in [9.17, 15) is 4.79 Å². The van der Waals surface area contributed by atoms with Crippen LogP contribution in [0.1, 0.15) is 19.0 Å². The molecule has 1 aromatic rings. The molecule has 0 spiro atoms. The van der Waals surface area contributed by atoms with Crippen LogP contribution in [0.2, 0.25) is 0 Å². The van der Waals surface area contributed by atoms with Crippen LogP contribution < -0.4 is 11.2 Å². The second-order valence-electron chi connectivity index (χ2n) is 3.12. The molecule has 1 rings (SSSR count). The number of hydrogen-bond donors (Lipinski definition) is 2. The molecule has 1 amide bonds. The summed E-state index contributed by atoms with van der Waals surface area (Å²) in [5, 5.41) is 4.15. The number of carbonyl (C=O) groups excluding carboxylic acids is 1. The number of primary amides is 1. The first kappa shape index (κ1) is 11.7. The van der Waals surface area contributed by atoms with Crippen molar-refractivity contribution in [3.05, 3.63) is 18.0 Å². The quantitative estimate of drug-likeness (QED) is 0.484. The number of aryl methyl sites for hydroxylation is 1. The Kier molecular flexibility index (Phi) is 4.79. The van der Waals surface area contributed by atoms with Gasteiger partial charge in [0.1, 0.15) is 6.61 Å². The maximum absolute atomic E-state index is 10.4. The van der Waals surface area contributed by atoms with Gasteiger partial charge in [0.25, 0.3) is 0 Å². The zero-order valence-electron chi connectivity index (χ0n) is 8.77. The van der Waals surface area contributed by atoms with Gasteiger partial charge < -0.3 is 5.73 Å². The van der Waals surface area contributed by atoms with Crippen LogP contribution in [0.4, 0.5) is 0 Å². The molecule has 6 heteroatoms. The van der Waals surface area contributed by atoms with Crippen LogP contribution in [0.3, 0.4) is 0 Å². The minimum Gasteiger partial charge on any atom is -0.368 e. The van der Waals surface area contributed by atoms with E-state index in [4.69, 9.17) is 10.6 Å². The molecule has 3 N–H and O–H groups in total. The van der Waals surface area contributed by atoms with Gasteiger partial charge in [-0.1, -0.05) is 6.92 Å². The normalized spacial score (nSPS) is 10.5. The van der Waals surface area contributed by atoms with Gasteiger partial charge in [-0.15, -0.1) is 0 Å². The predicted octanol–water partition coefficient (Wildman–Crippen LogP) is -0.200. The summed E-state index contributed by atoms with van der Waals surface area (Å²) in [4.78, 5) is 15.2. The SMILES string of the molecule is CCCn1nccc1CNOCC(N)=O. The van der Waals surface area contributed by atoms with Gasteiger partial charge in [-0.3, -0.25) is 14.3 Å². The fourth-order valence-corrected chi connectivity index (χ4v) is 1.17. The van der Waals surface area contributed by atoms with Crippen molar-refractivity contribution >= 4 is 5.91 Å². The first-order valence-corrected chi connectivity index (χ1v) is 4.87. The van der Waals surface area contributed by atoms with Gasteiger partial charge in [0.15, 0.2) is 0 Å². The lowest BCUT2D eigenvalue weighted by Gasteiger charge is -2.06. The average Bonchev–Trinajstić information content (AvgIpc) is 2.61. The van der Waals surface area contributed by atoms with Crippen LogP contribution in [0.5, 0.6) is 0 Å².